The Morgan fingerprint density at radius 2 is 1.02 bits per heavy atom. The number of likely N-dealkylation sites (N-methyl/N-ethyl adjacent to an activating group) is 1. The highest BCUT2D eigenvalue weighted by molar-refractivity contribution is 5.71. The normalized spacial score (nSPS) is 14.1. The molecule has 0 heterocycles. The van der Waals surface area contributed by atoms with Crippen molar-refractivity contribution >= 4 is 24.0 Å². The molecule has 65 heavy (non-hydrogen) atoms. The first kappa shape index (κ1) is 59.6. The Labute approximate surface area is 397 Å². The Kier molecular flexibility index (Phi) is 40.8. The van der Waals surface area contributed by atoms with Crippen molar-refractivity contribution in [1.82, 2.24) is 10.2 Å². The van der Waals surface area contributed by atoms with Gasteiger partial charge in [-0.25, -0.2) is 4.79 Å². The predicted octanol–water partition coefficient (Wildman–Crippen LogP) is 14.0. The molecule has 374 valence electrons. The van der Waals surface area contributed by atoms with E-state index in [2.05, 4.69) is 79.6 Å². The summed E-state index contributed by atoms with van der Waals surface area (Å²) in [6.45, 7) is 8.24. The van der Waals surface area contributed by atoms with E-state index in [1.165, 1.54) is 51.4 Å². The lowest BCUT2D eigenvalue weighted by Gasteiger charge is -2.30. The zero-order chi connectivity index (χ0) is 47.3. The molecule has 10 heteroatoms. The number of allylic oxidation sites excluding steroid dienone is 8. The summed E-state index contributed by atoms with van der Waals surface area (Å²) in [5, 5.41) is 2.85. The average molecular weight is 913 g/mol. The molecule has 0 saturated heterocycles. The summed E-state index contributed by atoms with van der Waals surface area (Å²) in [6.07, 6.45) is 46.6. The van der Waals surface area contributed by atoms with Crippen LogP contribution in [0.5, 0.6) is 0 Å². The molecule has 1 aliphatic rings. The van der Waals surface area contributed by atoms with Gasteiger partial charge in [-0.2, -0.15) is 0 Å². The number of carbonyl (C=O) groups is 4. The molecular formula is C55H96N2O8. The van der Waals surface area contributed by atoms with Gasteiger partial charge in [-0.3, -0.25) is 14.4 Å². The lowest BCUT2D eigenvalue weighted by Crippen LogP contribution is -2.38. The van der Waals surface area contributed by atoms with Gasteiger partial charge in [-0.15, -0.1) is 0 Å². The third-order valence-electron chi connectivity index (χ3n) is 12.2. The van der Waals surface area contributed by atoms with Crippen LogP contribution in [0.2, 0.25) is 0 Å². The molecule has 1 N–H and O–H groups in total. The molecule has 1 amide bonds. The van der Waals surface area contributed by atoms with Crippen LogP contribution in [-0.4, -0.2) is 81.0 Å². The van der Waals surface area contributed by atoms with Crippen LogP contribution in [0.3, 0.4) is 0 Å². The molecule has 0 aromatic carbocycles. The van der Waals surface area contributed by atoms with Crippen LogP contribution < -0.4 is 5.32 Å². The van der Waals surface area contributed by atoms with Crippen LogP contribution in [0.15, 0.2) is 48.6 Å². The second kappa shape index (κ2) is 44.4. The highest BCUT2D eigenvalue weighted by Crippen LogP contribution is 2.30. The minimum atomic E-state index is -0.919. The van der Waals surface area contributed by atoms with Crippen molar-refractivity contribution in [3.8, 4) is 0 Å². The number of hydrogen-bond acceptors (Lipinski definition) is 9. The van der Waals surface area contributed by atoms with E-state index in [0.717, 1.165) is 129 Å². The number of amides is 1. The van der Waals surface area contributed by atoms with Crippen molar-refractivity contribution in [1.29, 1.82) is 0 Å². The fourth-order valence-electron chi connectivity index (χ4n) is 7.88. The smallest absolute Gasteiger partial charge is 0.407 e. The van der Waals surface area contributed by atoms with E-state index in [0.29, 0.717) is 19.5 Å². The van der Waals surface area contributed by atoms with Gasteiger partial charge in [-0.05, 0) is 116 Å². The molecule has 0 radical (unpaired) electrons. The summed E-state index contributed by atoms with van der Waals surface area (Å²) < 4.78 is 22.8. The van der Waals surface area contributed by atoms with Crippen molar-refractivity contribution in [2.45, 2.75) is 232 Å². The van der Waals surface area contributed by atoms with E-state index in [4.69, 9.17) is 18.9 Å². The van der Waals surface area contributed by atoms with Crippen LogP contribution in [0.4, 0.5) is 4.79 Å². The highest BCUT2D eigenvalue weighted by atomic mass is 16.6. The molecule has 1 saturated carbocycles. The van der Waals surface area contributed by atoms with E-state index in [1.807, 2.05) is 7.05 Å². The largest absolute Gasteiger partial charge is 0.462 e. The van der Waals surface area contributed by atoms with Gasteiger partial charge < -0.3 is 29.2 Å². The Balaban J connectivity index is 2.56. The average Bonchev–Trinajstić information content (AvgIpc) is 3.31. The van der Waals surface area contributed by atoms with Gasteiger partial charge in [0.1, 0.15) is 19.3 Å². The van der Waals surface area contributed by atoms with Crippen molar-refractivity contribution < 1.29 is 38.1 Å². The first-order valence-corrected chi connectivity index (χ1v) is 26.5. The van der Waals surface area contributed by atoms with Crippen LogP contribution in [-0.2, 0) is 33.3 Å². The monoisotopic (exact) mass is 913 g/mol. The second-order valence-corrected chi connectivity index (χ2v) is 18.1. The quantitative estimate of drug-likeness (QED) is 0.0276. The molecule has 10 nitrogen and oxygen atoms in total. The van der Waals surface area contributed by atoms with Gasteiger partial charge in [0.2, 0.25) is 0 Å². The first-order valence-electron chi connectivity index (χ1n) is 26.5. The summed E-state index contributed by atoms with van der Waals surface area (Å²) in [5.74, 6) is -1.02. The lowest BCUT2D eigenvalue weighted by atomic mass is 9.83. The number of unbranched alkanes of at least 4 members (excludes halogenated alkanes) is 16. The van der Waals surface area contributed by atoms with Crippen LogP contribution in [0.25, 0.3) is 0 Å². The number of nitrogens with one attached hydrogen (secondary N) is 1. The fraction of sp³-hybridized carbons (Fsp3) is 0.782. The van der Waals surface area contributed by atoms with Crippen LogP contribution >= 0.6 is 0 Å². The maximum absolute atomic E-state index is 13.3. The zero-order valence-corrected chi connectivity index (χ0v) is 42.0. The molecule has 1 atom stereocenters. The van der Waals surface area contributed by atoms with Gasteiger partial charge in [0.15, 0.2) is 6.10 Å². The molecule has 1 fully saturated rings. The predicted molar refractivity (Wildman–Crippen MR) is 268 cm³/mol. The maximum atomic E-state index is 13.3. The number of esters is 3. The lowest BCUT2D eigenvalue weighted by molar-refractivity contribution is -0.167. The van der Waals surface area contributed by atoms with Crippen molar-refractivity contribution in [2.75, 3.05) is 39.9 Å². The van der Waals surface area contributed by atoms with E-state index in [1.54, 1.807) is 0 Å². The summed E-state index contributed by atoms with van der Waals surface area (Å²) in [7, 11) is 2.00. The third kappa shape index (κ3) is 38.4. The van der Waals surface area contributed by atoms with Crippen molar-refractivity contribution in [3.63, 3.8) is 0 Å². The molecule has 0 spiro atoms. The number of hydrogen-bond donors (Lipinski definition) is 1. The summed E-state index contributed by atoms with van der Waals surface area (Å²) in [6, 6.07) is 0. The Bertz CT molecular complexity index is 1230. The third-order valence-corrected chi connectivity index (χ3v) is 12.2. The highest BCUT2D eigenvalue weighted by Gasteiger charge is 2.29. The topological polar surface area (TPSA) is 120 Å². The molecule has 1 rings (SSSR count). The van der Waals surface area contributed by atoms with Gasteiger partial charge in [0.05, 0.1) is 0 Å². The molecule has 1 unspecified atom stereocenters. The SMILES string of the molecule is CCCCC/C=C\C/C=C\CCCCCCCC(=O)OCC(COC(=O)CCCCCCC/C=C\C/C=C\CCCCC)OC(=O)CCC(OC(=O)NCCN(C)CC)C1CCCCC1. The van der Waals surface area contributed by atoms with Gasteiger partial charge in [-0.1, -0.05) is 153 Å². The number of rotatable bonds is 42. The number of ether oxygens (including phenoxy) is 4. The van der Waals surface area contributed by atoms with Crippen LogP contribution in [0.1, 0.15) is 220 Å². The Hall–Kier alpha value is -3.40. The molecule has 0 aromatic heterocycles. The Morgan fingerprint density at radius 1 is 0.554 bits per heavy atom. The van der Waals surface area contributed by atoms with Gasteiger partial charge in [0.25, 0.3) is 0 Å². The molecular weight excluding hydrogens is 817 g/mol. The zero-order valence-electron chi connectivity index (χ0n) is 42.0. The van der Waals surface area contributed by atoms with Gasteiger partial charge >= 0.3 is 24.0 Å². The molecule has 0 aromatic rings. The van der Waals surface area contributed by atoms with E-state index < -0.39 is 24.3 Å². The van der Waals surface area contributed by atoms with Crippen molar-refractivity contribution in [3.05, 3.63) is 48.6 Å². The number of alkyl carbamates (subject to hydrolysis) is 1. The van der Waals surface area contributed by atoms with E-state index >= 15 is 0 Å². The number of carbonyl (C=O) groups excluding carboxylic acids is 4. The van der Waals surface area contributed by atoms with E-state index in [9.17, 15) is 19.2 Å². The second-order valence-electron chi connectivity index (χ2n) is 18.1. The van der Waals surface area contributed by atoms with Gasteiger partial charge in [0, 0.05) is 32.4 Å². The minimum absolute atomic E-state index is 0.0311. The fourth-order valence-corrected chi connectivity index (χ4v) is 7.88. The first-order chi connectivity index (χ1) is 31.8. The molecule has 0 aliphatic heterocycles. The molecule has 0 bridgehead atoms. The Morgan fingerprint density at radius 3 is 1.49 bits per heavy atom. The van der Waals surface area contributed by atoms with E-state index in [-0.39, 0.29) is 50.3 Å². The summed E-state index contributed by atoms with van der Waals surface area (Å²) in [4.78, 5) is 53.6. The minimum Gasteiger partial charge on any atom is -0.462 e. The maximum Gasteiger partial charge on any atom is 0.407 e. The number of nitrogens with zero attached hydrogens (tertiary/aromatic N) is 1. The summed E-state index contributed by atoms with van der Waals surface area (Å²) in [5.41, 5.74) is 0. The summed E-state index contributed by atoms with van der Waals surface area (Å²) >= 11 is 0. The standard InChI is InChI=1S/C55H96N2O8/c1-5-8-10-12-14-16-18-20-22-24-26-28-30-32-37-41-52(58)62-47-50(48-63-53(59)42-38-33-31-29-27-25-23-21-19-17-15-13-11-9-6-2)64-54(60)44-43-51(49-39-35-34-36-40-49)65-55(61)56-45-46-57(4)7-3/h14-17,20-23,49-51H,5-13,18-19,24-48H2,1-4H3,(H,56,61)/b16-14-,17-15-,22-20-,23-21-. The van der Waals surface area contributed by atoms with Crippen LogP contribution in [0, 0.1) is 5.92 Å². The molecule has 1 aliphatic carbocycles. The van der Waals surface area contributed by atoms with Crippen molar-refractivity contribution in [2.24, 2.45) is 5.92 Å².